The molecule has 1 atom stereocenters. The number of allylic oxidation sites excluding steroid dienone is 4. The number of fused-ring (bicyclic) bond motifs is 8. The summed E-state index contributed by atoms with van der Waals surface area (Å²) in [6.45, 7) is 0. The van der Waals surface area contributed by atoms with Crippen LogP contribution >= 0.6 is 11.3 Å². The van der Waals surface area contributed by atoms with Crippen molar-refractivity contribution in [3.63, 3.8) is 0 Å². The number of hydrogen-bond donors (Lipinski definition) is 0. The standard InChI is InChI=1S/C46H31NOS/c1-2-10-31(11-3-1)36-12-4-7-15-41(36)47(35-24-26-39-38-13-6-9-17-44(38)49-45(39)29-35)34-22-18-30(19-23-34)32-20-25-37-33(28-32)21-27-43-46(37)40-14-5-8-16-42(40)48-43/h1-11,13-29,36H,12H2. The Morgan fingerprint density at radius 1 is 0.551 bits per heavy atom. The molecular formula is C46H31NOS. The number of benzene rings is 7. The van der Waals surface area contributed by atoms with Gasteiger partial charge in [-0.3, -0.25) is 0 Å². The Hall–Kier alpha value is -5.90. The molecule has 2 aromatic heterocycles. The molecule has 0 saturated carbocycles. The lowest BCUT2D eigenvalue weighted by Gasteiger charge is -2.34. The van der Waals surface area contributed by atoms with Crippen LogP contribution < -0.4 is 4.90 Å². The molecule has 0 spiro atoms. The van der Waals surface area contributed by atoms with Crippen molar-refractivity contribution in [3.05, 3.63) is 181 Å². The molecule has 1 aliphatic carbocycles. The van der Waals surface area contributed by atoms with Crippen LogP contribution in [0.15, 0.2) is 180 Å². The van der Waals surface area contributed by atoms with Crippen LogP contribution in [0.1, 0.15) is 17.9 Å². The van der Waals surface area contributed by atoms with Gasteiger partial charge in [0.2, 0.25) is 0 Å². The van der Waals surface area contributed by atoms with Crippen LogP contribution in [-0.2, 0) is 0 Å². The first-order chi connectivity index (χ1) is 24.3. The number of furan rings is 1. The van der Waals surface area contributed by atoms with Gasteiger partial charge in [-0.1, -0.05) is 115 Å². The van der Waals surface area contributed by atoms with Gasteiger partial charge in [-0.25, -0.2) is 0 Å². The molecule has 0 bridgehead atoms. The molecule has 232 valence electrons. The van der Waals surface area contributed by atoms with Gasteiger partial charge in [-0.05, 0) is 88.5 Å². The van der Waals surface area contributed by atoms with Gasteiger partial charge in [0.15, 0.2) is 0 Å². The van der Waals surface area contributed by atoms with Crippen LogP contribution in [0, 0.1) is 0 Å². The zero-order chi connectivity index (χ0) is 32.3. The fourth-order valence-electron chi connectivity index (χ4n) is 7.68. The summed E-state index contributed by atoms with van der Waals surface area (Å²) in [4.78, 5) is 2.47. The average molecular weight is 646 g/mol. The molecule has 0 radical (unpaired) electrons. The highest BCUT2D eigenvalue weighted by molar-refractivity contribution is 7.25. The van der Waals surface area contributed by atoms with E-state index in [1.807, 2.05) is 23.5 Å². The monoisotopic (exact) mass is 645 g/mol. The number of para-hydroxylation sites is 1. The Morgan fingerprint density at radius 2 is 1.29 bits per heavy atom. The van der Waals surface area contributed by atoms with Gasteiger partial charge in [0.1, 0.15) is 11.2 Å². The second-order valence-corrected chi connectivity index (χ2v) is 13.9. The van der Waals surface area contributed by atoms with Crippen molar-refractivity contribution in [2.75, 3.05) is 4.90 Å². The highest BCUT2D eigenvalue weighted by Gasteiger charge is 2.26. The van der Waals surface area contributed by atoms with Gasteiger partial charge >= 0.3 is 0 Å². The average Bonchev–Trinajstić information content (AvgIpc) is 3.74. The van der Waals surface area contributed by atoms with Crippen molar-refractivity contribution in [2.45, 2.75) is 12.3 Å². The van der Waals surface area contributed by atoms with Crippen LogP contribution in [0.3, 0.4) is 0 Å². The van der Waals surface area contributed by atoms with E-state index in [2.05, 4.69) is 163 Å². The lowest BCUT2D eigenvalue weighted by molar-refractivity contribution is 0.669. The van der Waals surface area contributed by atoms with E-state index in [4.69, 9.17) is 4.42 Å². The van der Waals surface area contributed by atoms with Crippen molar-refractivity contribution >= 4 is 75.6 Å². The van der Waals surface area contributed by atoms with Crippen molar-refractivity contribution < 1.29 is 4.42 Å². The molecule has 2 nitrogen and oxygen atoms in total. The second-order valence-electron chi connectivity index (χ2n) is 12.9. The van der Waals surface area contributed by atoms with Crippen molar-refractivity contribution in [2.24, 2.45) is 0 Å². The number of hydrogen-bond acceptors (Lipinski definition) is 3. The Morgan fingerprint density at radius 3 is 2.18 bits per heavy atom. The Balaban J connectivity index is 1.08. The van der Waals surface area contributed by atoms with E-state index < -0.39 is 0 Å². The first-order valence-electron chi connectivity index (χ1n) is 16.9. The predicted molar refractivity (Wildman–Crippen MR) is 209 cm³/mol. The molecular weight excluding hydrogens is 615 g/mol. The predicted octanol–water partition coefficient (Wildman–Crippen LogP) is 13.5. The molecule has 3 heteroatoms. The Kier molecular flexibility index (Phi) is 6.53. The molecule has 10 rings (SSSR count). The van der Waals surface area contributed by atoms with Crippen LogP contribution in [0.5, 0.6) is 0 Å². The third kappa shape index (κ3) is 4.69. The van der Waals surface area contributed by atoms with Crippen LogP contribution in [-0.4, -0.2) is 0 Å². The number of thiophene rings is 1. The van der Waals surface area contributed by atoms with Gasteiger partial charge in [0, 0.05) is 53.9 Å². The van der Waals surface area contributed by atoms with Gasteiger partial charge in [0.05, 0.1) is 0 Å². The summed E-state index contributed by atoms with van der Waals surface area (Å²) in [6.07, 6.45) is 7.76. The normalized spacial score (nSPS) is 14.7. The fourth-order valence-corrected chi connectivity index (χ4v) is 8.82. The maximum atomic E-state index is 6.16. The van der Waals surface area contributed by atoms with Crippen molar-refractivity contribution in [3.8, 4) is 11.1 Å². The van der Waals surface area contributed by atoms with E-state index >= 15 is 0 Å². The minimum Gasteiger partial charge on any atom is -0.456 e. The van der Waals surface area contributed by atoms with E-state index in [1.165, 1.54) is 64.4 Å². The first-order valence-corrected chi connectivity index (χ1v) is 17.7. The van der Waals surface area contributed by atoms with Crippen LogP contribution in [0.4, 0.5) is 11.4 Å². The summed E-state index contributed by atoms with van der Waals surface area (Å²) in [7, 11) is 0. The lowest BCUT2D eigenvalue weighted by Crippen LogP contribution is -2.23. The van der Waals surface area contributed by atoms with E-state index in [1.54, 1.807) is 0 Å². The molecule has 0 N–H and O–H groups in total. The molecule has 2 heterocycles. The summed E-state index contributed by atoms with van der Waals surface area (Å²) in [5, 5.41) is 7.41. The smallest absolute Gasteiger partial charge is 0.136 e. The molecule has 1 unspecified atom stereocenters. The van der Waals surface area contributed by atoms with Crippen LogP contribution in [0.2, 0.25) is 0 Å². The SMILES string of the molecule is C1=CCC(c2ccccc2)C(N(c2ccc(-c3ccc4c(ccc5oc6ccccc6c54)c3)cc2)c2ccc3c(c2)sc2ccccc23)=C1. The molecule has 0 amide bonds. The molecule has 0 fully saturated rings. The highest BCUT2D eigenvalue weighted by atomic mass is 32.1. The van der Waals surface area contributed by atoms with Gasteiger partial charge in [-0.2, -0.15) is 0 Å². The maximum absolute atomic E-state index is 6.16. The Labute approximate surface area is 288 Å². The zero-order valence-corrected chi connectivity index (χ0v) is 27.5. The quantitative estimate of drug-likeness (QED) is 0.185. The van der Waals surface area contributed by atoms with Crippen molar-refractivity contribution in [1.82, 2.24) is 0 Å². The van der Waals surface area contributed by atoms with E-state index in [0.717, 1.165) is 28.7 Å². The molecule has 1 aliphatic rings. The summed E-state index contributed by atoms with van der Waals surface area (Å²) in [6, 6.07) is 55.1. The van der Waals surface area contributed by atoms with Crippen molar-refractivity contribution in [1.29, 1.82) is 0 Å². The summed E-state index contributed by atoms with van der Waals surface area (Å²) in [5.41, 5.74) is 9.20. The van der Waals surface area contributed by atoms with Gasteiger partial charge in [-0.15, -0.1) is 11.3 Å². The zero-order valence-electron chi connectivity index (χ0n) is 26.7. The summed E-state index contributed by atoms with van der Waals surface area (Å²) < 4.78 is 8.79. The largest absolute Gasteiger partial charge is 0.456 e. The minimum atomic E-state index is 0.250. The third-order valence-corrected chi connectivity index (χ3v) is 11.2. The Bertz CT molecular complexity index is 2750. The molecule has 0 saturated heterocycles. The van der Waals surface area contributed by atoms with E-state index in [9.17, 15) is 0 Å². The first kappa shape index (κ1) is 28.1. The van der Waals surface area contributed by atoms with Crippen LogP contribution in [0.25, 0.3) is 64.0 Å². The molecule has 7 aromatic carbocycles. The fraction of sp³-hybridized carbons (Fsp3) is 0.0435. The van der Waals surface area contributed by atoms with E-state index in [-0.39, 0.29) is 5.92 Å². The topological polar surface area (TPSA) is 16.4 Å². The second kappa shape index (κ2) is 11.4. The molecule has 0 aliphatic heterocycles. The third-order valence-electron chi connectivity index (χ3n) is 10.0. The number of nitrogens with zero attached hydrogens (tertiary/aromatic N) is 1. The number of anilines is 2. The van der Waals surface area contributed by atoms with Gasteiger partial charge < -0.3 is 9.32 Å². The maximum Gasteiger partial charge on any atom is 0.136 e. The summed E-state index contributed by atoms with van der Waals surface area (Å²) >= 11 is 1.87. The summed E-state index contributed by atoms with van der Waals surface area (Å²) in [5.74, 6) is 0.250. The molecule has 49 heavy (non-hydrogen) atoms. The van der Waals surface area contributed by atoms with Gasteiger partial charge in [0.25, 0.3) is 0 Å². The highest BCUT2D eigenvalue weighted by Crippen LogP contribution is 2.44. The van der Waals surface area contributed by atoms with E-state index in [0.29, 0.717) is 0 Å². The lowest BCUT2D eigenvalue weighted by atomic mass is 9.88. The minimum absolute atomic E-state index is 0.250. The molecule has 9 aromatic rings. The number of rotatable bonds is 5.